The Morgan fingerprint density at radius 1 is 1.00 bits per heavy atom. The molecule has 3 rings (SSSR count). The summed E-state index contributed by atoms with van der Waals surface area (Å²) in [6, 6.07) is 13.1. The molecule has 0 radical (unpaired) electrons. The molecule has 2 atom stereocenters. The van der Waals surface area contributed by atoms with Crippen LogP contribution in [0.3, 0.4) is 0 Å². The van der Waals surface area contributed by atoms with E-state index in [1.54, 1.807) is 0 Å². The van der Waals surface area contributed by atoms with E-state index in [9.17, 15) is 19.6 Å². The fourth-order valence-electron chi connectivity index (χ4n) is 4.60. The number of nitrogens with one attached hydrogen (secondary N) is 2. The maximum Gasteiger partial charge on any atom is 0.475 e. The zero-order valence-electron chi connectivity index (χ0n) is 19.1. The average molecular weight is 438 g/mol. The van der Waals surface area contributed by atoms with Crippen LogP contribution >= 0.6 is 0 Å². The monoisotopic (exact) mass is 438 g/mol. The molecular weight excluding hydrogens is 403 g/mol. The number of carbonyl (C=O) groups excluding carboxylic acids is 2. The molecule has 0 unspecified atom stereocenters. The van der Waals surface area contributed by atoms with Gasteiger partial charge < -0.3 is 20.7 Å². The van der Waals surface area contributed by atoms with Crippen LogP contribution < -0.4 is 10.6 Å². The summed E-state index contributed by atoms with van der Waals surface area (Å²) < 4.78 is 0. The van der Waals surface area contributed by atoms with Crippen molar-refractivity contribution in [2.24, 2.45) is 11.8 Å². The Bertz CT molecular complexity index is 906. The zero-order chi connectivity index (χ0) is 23.1. The number of hydrogen-bond acceptors (Lipinski definition) is 4. The van der Waals surface area contributed by atoms with Crippen molar-refractivity contribution >= 4 is 29.7 Å². The Labute approximate surface area is 190 Å². The van der Waals surface area contributed by atoms with E-state index < -0.39 is 19.1 Å². The van der Waals surface area contributed by atoms with E-state index in [4.69, 9.17) is 0 Å². The summed E-state index contributed by atoms with van der Waals surface area (Å²) in [6.45, 7) is 3.92. The summed E-state index contributed by atoms with van der Waals surface area (Å²) in [4.78, 5) is 26.2. The van der Waals surface area contributed by atoms with Crippen LogP contribution in [0.25, 0.3) is 10.8 Å². The van der Waals surface area contributed by atoms with E-state index in [1.165, 1.54) is 0 Å². The molecule has 0 heterocycles. The Hall–Kier alpha value is -2.38. The fourth-order valence-corrected chi connectivity index (χ4v) is 4.60. The second-order valence-electron chi connectivity index (χ2n) is 9.40. The SMILES string of the molecule is CC(C)C[C@H](NC(=O)[C@H](Cc1cccc2ccccc12)NC(=O)C1CCCCC1)B(O)O. The first-order chi connectivity index (χ1) is 15.3. The minimum absolute atomic E-state index is 0.0681. The molecule has 2 amide bonds. The predicted octanol–water partition coefficient (Wildman–Crippen LogP) is 2.99. The van der Waals surface area contributed by atoms with Gasteiger partial charge in [0.1, 0.15) is 6.04 Å². The van der Waals surface area contributed by atoms with Crippen molar-refractivity contribution in [2.45, 2.75) is 70.8 Å². The molecule has 0 spiro atoms. The first kappa shape index (κ1) is 24.3. The zero-order valence-corrected chi connectivity index (χ0v) is 19.1. The highest BCUT2D eigenvalue weighted by Crippen LogP contribution is 2.24. The van der Waals surface area contributed by atoms with E-state index in [2.05, 4.69) is 10.6 Å². The van der Waals surface area contributed by atoms with Crippen LogP contribution in [0.15, 0.2) is 42.5 Å². The van der Waals surface area contributed by atoms with Crippen LogP contribution in [-0.2, 0) is 16.0 Å². The Morgan fingerprint density at radius 3 is 2.38 bits per heavy atom. The Kier molecular flexibility index (Phi) is 8.71. The lowest BCUT2D eigenvalue weighted by Gasteiger charge is -2.27. The first-order valence-electron chi connectivity index (χ1n) is 11.8. The maximum atomic E-state index is 13.3. The van der Waals surface area contributed by atoms with Crippen molar-refractivity contribution in [1.29, 1.82) is 0 Å². The lowest BCUT2D eigenvalue weighted by Crippen LogP contribution is -2.55. The van der Waals surface area contributed by atoms with Gasteiger partial charge in [0.15, 0.2) is 0 Å². The quantitative estimate of drug-likeness (QED) is 0.453. The predicted molar refractivity (Wildman–Crippen MR) is 128 cm³/mol. The van der Waals surface area contributed by atoms with Gasteiger partial charge in [-0.1, -0.05) is 75.6 Å². The highest BCUT2D eigenvalue weighted by molar-refractivity contribution is 6.43. The summed E-state index contributed by atoms with van der Waals surface area (Å²) in [6.07, 6.45) is 5.67. The van der Waals surface area contributed by atoms with Gasteiger partial charge in [-0.3, -0.25) is 9.59 Å². The number of rotatable bonds is 9. The summed E-state index contributed by atoms with van der Waals surface area (Å²) in [5.74, 6) is -1.16. The fraction of sp³-hybridized carbons (Fsp3) is 0.520. The Morgan fingerprint density at radius 2 is 1.69 bits per heavy atom. The second kappa shape index (κ2) is 11.5. The third kappa shape index (κ3) is 6.56. The summed E-state index contributed by atoms with van der Waals surface area (Å²) >= 11 is 0. The molecule has 172 valence electrons. The maximum absolute atomic E-state index is 13.3. The van der Waals surface area contributed by atoms with Crippen LogP contribution in [0.5, 0.6) is 0 Å². The van der Waals surface area contributed by atoms with E-state index in [1.807, 2.05) is 56.3 Å². The highest BCUT2D eigenvalue weighted by atomic mass is 16.4. The van der Waals surface area contributed by atoms with Gasteiger partial charge in [0.25, 0.3) is 0 Å². The largest absolute Gasteiger partial charge is 0.475 e. The summed E-state index contributed by atoms with van der Waals surface area (Å²) in [5.41, 5.74) is 0.970. The number of benzene rings is 2. The third-order valence-corrected chi connectivity index (χ3v) is 6.33. The lowest BCUT2D eigenvalue weighted by molar-refractivity contribution is -0.131. The van der Waals surface area contributed by atoms with Gasteiger partial charge in [0.05, 0.1) is 5.94 Å². The number of amides is 2. The molecule has 1 aliphatic carbocycles. The van der Waals surface area contributed by atoms with Crippen LogP contribution in [0, 0.1) is 11.8 Å². The molecule has 32 heavy (non-hydrogen) atoms. The van der Waals surface area contributed by atoms with Gasteiger partial charge in [-0.05, 0) is 41.5 Å². The van der Waals surface area contributed by atoms with Gasteiger partial charge in [0.2, 0.25) is 11.8 Å². The van der Waals surface area contributed by atoms with Crippen LogP contribution in [0.1, 0.15) is 57.9 Å². The lowest BCUT2D eigenvalue weighted by atomic mass is 9.75. The molecule has 0 saturated heterocycles. The minimum Gasteiger partial charge on any atom is -0.426 e. The van der Waals surface area contributed by atoms with Gasteiger partial charge in [-0.2, -0.15) is 0 Å². The second-order valence-corrected chi connectivity index (χ2v) is 9.40. The molecule has 4 N–H and O–H groups in total. The standard InChI is InChI=1S/C25H35BN2O4/c1-17(2)15-23(26(31)32)28-25(30)22(27-24(29)19-10-4-3-5-11-19)16-20-13-8-12-18-9-6-7-14-21(18)20/h6-9,12-14,17,19,22-23,31-32H,3-5,10-11,15-16H2,1-2H3,(H,27,29)(H,28,30)/t22-,23-/m0/s1. The van der Waals surface area contributed by atoms with Crippen molar-refractivity contribution in [1.82, 2.24) is 10.6 Å². The van der Waals surface area contributed by atoms with Crippen molar-refractivity contribution in [3.8, 4) is 0 Å². The molecule has 7 heteroatoms. The molecule has 2 aromatic carbocycles. The molecule has 1 fully saturated rings. The van der Waals surface area contributed by atoms with Gasteiger partial charge in [-0.15, -0.1) is 0 Å². The molecule has 6 nitrogen and oxygen atoms in total. The Balaban J connectivity index is 1.82. The van der Waals surface area contributed by atoms with Gasteiger partial charge >= 0.3 is 7.12 Å². The molecule has 1 aliphatic rings. The first-order valence-corrected chi connectivity index (χ1v) is 11.8. The summed E-state index contributed by atoms with van der Waals surface area (Å²) in [7, 11) is -1.66. The molecular formula is C25H35BN2O4. The van der Waals surface area contributed by atoms with Gasteiger partial charge in [-0.25, -0.2) is 0 Å². The van der Waals surface area contributed by atoms with E-state index >= 15 is 0 Å². The van der Waals surface area contributed by atoms with Crippen LogP contribution in [0.2, 0.25) is 0 Å². The number of carbonyl (C=O) groups is 2. The summed E-state index contributed by atoms with van der Waals surface area (Å²) in [5, 5.41) is 27.4. The van der Waals surface area contributed by atoms with E-state index in [-0.39, 0.29) is 23.7 Å². The number of fused-ring (bicyclic) bond motifs is 1. The van der Waals surface area contributed by atoms with Crippen molar-refractivity contribution < 1.29 is 19.6 Å². The highest BCUT2D eigenvalue weighted by Gasteiger charge is 2.31. The molecule has 2 aromatic rings. The number of hydrogen-bond donors (Lipinski definition) is 4. The minimum atomic E-state index is -1.66. The molecule has 1 saturated carbocycles. The van der Waals surface area contributed by atoms with Crippen LogP contribution in [0.4, 0.5) is 0 Å². The van der Waals surface area contributed by atoms with E-state index in [0.29, 0.717) is 12.8 Å². The van der Waals surface area contributed by atoms with Crippen molar-refractivity contribution in [3.05, 3.63) is 48.0 Å². The third-order valence-electron chi connectivity index (χ3n) is 6.33. The average Bonchev–Trinajstić information content (AvgIpc) is 2.78. The van der Waals surface area contributed by atoms with E-state index in [0.717, 1.165) is 48.4 Å². The van der Waals surface area contributed by atoms with Crippen LogP contribution in [-0.4, -0.2) is 41.0 Å². The van der Waals surface area contributed by atoms with Crippen molar-refractivity contribution in [2.75, 3.05) is 0 Å². The molecule has 0 aromatic heterocycles. The normalized spacial score (nSPS) is 16.5. The topological polar surface area (TPSA) is 98.7 Å². The smallest absolute Gasteiger partial charge is 0.426 e. The van der Waals surface area contributed by atoms with Gasteiger partial charge in [0, 0.05) is 12.3 Å². The van der Waals surface area contributed by atoms with Crippen molar-refractivity contribution in [3.63, 3.8) is 0 Å². The molecule has 0 aliphatic heterocycles. The molecule has 0 bridgehead atoms.